The average molecular weight is 368 g/mol. The molecule has 18 heavy (non-hydrogen) atoms. The Balaban J connectivity index is 2.36. The molecule has 0 N–H and O–H groups in total. The summed E-state index contributed by atoms with van der Waals surface area (Å²) in [7, 11) is 1.67. The maximum absolute atomic E-state index is 5.17. The molecule has 0 spiro atoms. The van der Waals surface area contributed by atoms with E-state index in [0.29, 0.717) is 0 Å². The summed E-state index contributed by atoms with van der Waals surface area (Å²) in [5.74, 6) is 0.864. The highest BCUT2D eigenvalue weighted by atomic mass is 79.9. The number of rotatable bonds is 3. The Morgan fingerprint density at radius 3 is 1.89 bits per heavy atom. The van der Waals surface area contributed by atoms with Crippen LogP contribution >= 0.6 is 31.9 Å². The second-order valence-electron chi connectivity index (χ2n) is 3.76. The number of ether oxygens (including phenoxy) is 1. The second-order valence-corrected chi connectivity index (χ2v) is 5.13. The summed E-state index contributed by atoms with van der Waals surface area (Å²) in [5.41, 5.74) is 3.46. The van der Waals surface area contributed by atoms with Crippen LogP contribution in [0, 0.1) is 0 Å². The van der Waals surface area contributed by atoms with Crippen LogP contribution in [0.25, 0.3) is 5.57 Å². The van der Waals surface area contributed by atoms with E-state index in [1.807, 2.05) is 41.4 Å². The standard InChI is InChI=1S/C15H12Br2O/c1-18-14-8-4-12(5-9-14)15(10-16)11-2-6-13(17)7-3-11/h2-10H,1H3. The maximum Gasteiger partial charge on any atom is 0.118 e. The van der Waals surface area contributed by atoms with Gasteiger partial charge in [0.05, 0.1) is 7.11 Å². The summed E-state index contributed by atoms with van der Waals surface area (Å²) in [6.07, 6.45) is 0. The first-order valence-corrected chi connectivity index (χ1v) is 7.16. The van der Waals surface area contributed by atoms with E-state index in [1.54, 1.807) is 7.11 Å². The molecule has 0 heterocycles. The van der Waals surface area contributed by atoms with Crippen molar-refractivity contribution < 1.29 is 4.74 Å². The van der Waals surface area contributed by atoms with Gasteiger partial charge in [0.2, 0.25) is 0 Å². The molecule has 0 fully saturated rings. The Kier molecular flexibility index (Phi) is 4.61. The first-order chi connectivity index (χ1) is 8.74. The smallest absolute Gasteiger partial charge is 0.118 e. The van der Waals surface area contributed by atoms with Gasteiger partial charge in [-0.15, -0.1) is 0 Å². The highest BCUT2D eigenvalue weighted by Crippen LogP contribution is 2.27. The van der Waals surface area contributed by atoms with Crippen LogP contribution in [-0.4, -0.2) is 7.11 Å². The molecule has 0 aliphatic carbocycles. The van der Waals surface area contributed by atoms with Crippen molar-refractivity contribution in [2.75, 3.05) is 7.11 Å². The molecule has 0 aliphatic heterocycles. The SMILES string of the molecule is COc1ccc(C(=CBr)c2ccc(Br)cc2)cc1. The minimum Gasteiger partial charge on any atom is -0.497 e. The fourth-order valence-corrected chi connectivity index (χ4v) is 2.49. The lowest BCUT2D eigenvalue weighted by molar-refractivity contribution is 0.415. The molecule has 92 valence electrons. The van der Waals surface area contributed by atoms with Gasteiger partial charge in [-0.1, -0.05) is 56.1 Å². The molecular weight excluding hydrogens is 356 g/mol. The lowest BCUT2D eigenvalue weighted by atomic mass is 10.00. The van der Waals surface area contributed by atoms with Crippen molar-refractivity contribution in [3.8, 4) is 5.75 Å². The molecule has 0 aromatic heterocycles. The van der Waals surface area contributed by atoms with Gasteiger partial charge in [0, 0.05) is 4.47 Å². The molecular formula is C15H12Br2O. The monoisotopic (exact) mass is 366 g/mol. The normalized spacial score (nSPS) is 11.4. The summed E-state index contributed by atoms with van der Waals surface area (Å²) in [6.45, 7) is 0. The molecule has 1 nitrogen and oxygen atoms in total. The number of hydrogen-bond acceptors (Lipinski definition) is 1. The molecule has 3 heteroatoms. The van der Waals surface area contributed by atoms with Gasteiger partial charge in [-0.2, -0.15) is 0 Å². The lowest BCUT2D eigenvalue weighted by Gasteiger charge is -2.08. The molecule has 2 rings (SSSR count). The van der Waals surface area contributed by atoms with E-state index >= 15 is 0 Å². The van der Waals surface area contributed by atoms with Crippen molar-refractivity contribution in [1.29, 1.82) is 0 Å². The van der Waals surface area contributed by atoms with Crippen molar-refractivity contribution in [3.05, 3.63) is 69.1 Å². The number of hydrogen-bond donors (Lipinski definition) is 0. The molecule has 2 aromatic carbocycles. The molecule has 0 amide bonds. The molecule has 0 bridgehead atoms. The number of benzene rings is 2. The van der Waals surface area contributed by atoms with E-state index in [1.165, 1.54) is 5.56 Å². The Hall–Kier alpha value is -1.06. The second kappa shape index (κ2) is 6.21. The summed E-state index contributed by atoms with van der Waals surface area (Å²) in [5, 5.41) is 0. The van der Waals surface area contributed by atoms with E-state index in [2.05, 4.69) is 44.0 Å². The summed E-state index contributed by atoms with van der Waals surface area (Å²) in [4.78, 5) is 1.94. The minimum absolute atomic E-state index is 0.864. The number of methoxy groups -OCH3 is 1. The van der Waals surface area contributed by atoms with E-state index in [4.69, 9.17) is 4.74 Å². The Morgan fingerprint density at radius 2 is 1.44 bits per heavy atom. The highest BCUT2D eigenvalue weighted by molar-refractivity contribution is 9.11. The van der Waals surface area contributed by atoms with Gasteiger partial charge in [-0.25, -0.2) is 0 Å². The van der Waals surface area contributed by atoms with Crippen LogP contribution in [0.2, 0.25) is 0 Å². The van der Waals surface area contributed by atoms with E-state index in [-0.39, 0.29) is 0 Å². The van der Waals surface area contributed by atoms with Crippen LogP contribution in [-0.2, 0) is 0 Å². The third-order valence-electron chi connectivity index (χ3n) is 2.67. The molecule has 0 saturated carbocycles. The average Bonchev–Trinajstić information content (AvgIpc) is 2.42. The van der Waals surface area contributed by atoms with Crippen molar-refractivity contribution in [2.24, 2.45) is 0 Å². The van der Waals surface area contributed by atoms with Crippen molar-refractivity contribution in [3.63, 3.8) is 0 Å². The third-order valence-corrected chi connectivity index (χ3v) is 3.65. The van der Waals surface area contributed by atoms with Gasteiger partial charge < -0.3 is 4.74 Å². The number of halogens is 2. The topological polar surface area (TPSA) is 9.23 Å². The van der Waals surface area contributed by atoms with Crippen molar-refractivity contribution in [1.82, 2.24) is 0 Å². The van der Waals surface area contributed by atoms with Crippen LogP contribution in [0.15, 0.2) is 58.0 Å². The molecule has 0 radical (unpaired) electrons. The first kappa shape index (κ1) is 13.4. The summed E-state index contributed by atoms with van der Waals surface area (Å²) in [6, 6.07) is 16.3. The van der Waals surface area contributed by atoms with Gasteiger partial charge >= 0.3 is 0 Å². The van der Waals surface area contributed by atoms with E-state index in [9.17, 15) is 0 Å². The highest BCUT2D eigenvalue weighted by Gasteiger charge is 2.04. The van der Waals surface area contributed by atoms with Gasteiger partial charge in [0.1, 0.15) is 5.75 Å². The quantitative estimate of drug-likeness (QED) is 0.720. The van der Waals surface area contributed by atoms with E-state index in [0.717, 1.165) is 21.4 Å². The summed E-state index contributed by atoms with van der Waals surface area (Å²) >= 11 is 6.88. The van der Waals surface area contributed by atoms with Crippen LogP contribution in [0.3, 0.4) is 0 Å². The fraction of sp³-hybridized carbons (Fsp3) is 0.0667. The third kappa shape index (κ3) is 3.03. The van der Waals surface area contributed by atoms with Gasteiger partial charge in [-0.3, -0.25) is 0 Å². The van der Waals surface area contributed by atoms with Gasteiger partial charge in [0.25, 0.3) is 0 Å². The van der Waals surface area contributed by atoms with Crippen LogP contribution < -0.4 is 4.74 Å². The molecule has 0 atom stereocenters. The van der Waals surface area contributed by atoms with Crippen molar-refractivity contribution in [2.45, 2.75) is 0 Å². The van der Waals surface area contributed by atoms with Gasteiger partial charge in [0.15, 0.2) is 0 Å². The molecule has 0 unspecified atom stereocenters. The zero-order valence-electron chi connectivity index (χ0n) is 9.86. The zero-order valence-corrected chi connectivity index (χ0v) is 13.0. The first-order valence-electron chi connectivity index (χ1n) is 5.45. The predicted molar refractivity (Wildman–Crippen MR) is 83.1 cm³/mol. The Morgan fingerprint density at radius 1 is 0.944 bits per heavy atom. The van der Waals surface area contributed by atoms with Crippen LogP contribution in [0.1, 0.15) is 11.1 Å². The van der Waals surface area contributed by atoms with Crippen LogP contribution in [0.4, 0.5) is 0 Å². The van der Waals surface area contributed by atoms with E-state index < -0.39 is 0 Å². The van der Waals surface area contributed by atoms with Gasteiger partial charge in [-0.05, 0) is 46.0 Å². The summed E-state index contributed by atoms with van der Waals surface area (Å²) < 4.78 is 6.25. The molecule has 0 aliphatic rings. The fourth-order valence-electron chi connectivity index (χ4n) is 1.69. The Bertz CT molecular complexity index is 542. The van der Waals surface area contributed by atoms with Crippen molar-refractivity contribution >= 4 is 37.4 Å². The molecule has 2 aromatic rings. The van der Waals surface area contributed by atoms with Crippen LogP contribution in [0.5, 0.6) is 5.75 Å². The lowest BCUT2D eigenvalue weighted by Crippen LogP contribution is -1.88. The zero-order chi connectivity index (χ0) is 13.0. The maximum atomic E-state index is 5.17. The molecule has 0 saturated heterocycles. The minimum atomic E-state index is 0.864. The largest absolute Gasteiger partial charge is 0.497 e. The Labute approximate surface area is 124 Å². The predicted octanol–water partition coefficient (Wildman–Crippen LogP) is 5.24.